The molecule has 2 fully saturated rings. The van der Waals surface area contributed by atoms with Crippen molar-refractivity contribution < 1.29 is 9.53 Å². The van der Waals surface area contributed by atoms with Crippen molar-refractivity contribution in [1.29, 1.82) is 0 Å². The summed E-state index contributed by atoms with van der Waals surface area (Å²) in [5.41, 5.74) is 1.82. The van der Waals surface area contributed by atoms with Gasteiger partial charge in [-0.05, 0) is 44.2 Å². The van der Waals surface area contributed by atoms with Gasteiger partial charge in [-0.1, -0.05) is 18.2 Å². The number of ether oxygens (including phenoxy) is 1. The van der Waals surface area contributed by atoms with Crippen molar-refractivity contribution in [2.75, 3.05) is 13.7 Å². The van der Waals surface area contributed by atoms with Gasteiger partial charge in [0.2, 0.25) is 5.91 Å². The third-order valence-corrected chi connectivity index (χ3v) is 5.58. The van der Waals surface area contributed by atoms with Crippen LogP contribution >= 0.6 is 0 Å². The van der Waals surface area contributed by atoms with Crippen LogP contribution in [-0.2, 0) is 16.8 Å². The minimum atomic E-state index is -0.380. The highest BCUT2D eigenvalue weighted by Gasteiger charge is 2.55. The Morgan fingerprint density at radius 2 is 2.16 bits per heavy atom. The van der Waals surface area contributed by atoms with Gasteiger partial charge in [-0.15, -0.1) is 0 Å². The van der Waals surface area contributed by atoms with Crippen LogP contribution in [0.25, 0.3) is 0 Å². The van der Waals surface area contributed by atoms with Gasteiger partial charge in [-0.3, -0.25) is 9.48 Å². The number of rotatable bonds is 5. The van der Waals surface area contributed by atoms with E-state index in [9.17, 15) is 4.79 Å². The average Bonchev–Trinajstić information content (AvgIpc) is 3.14. The van der Waals surface area contributed by atoms with Crippen LogP contribution in [0.2, 0.25) is 0 Å². The molecule has 0 spiro atoms. The number of aromatic nitrogens is 2. The number of carbonyl (C=O) groups excluding carboxylic acids is 1. The summed E-state index contributed by atoms with van der Waals surface area (Å²) in [6.45, 7) is 3.67. The van der Waals surface area contributed by atoms with E-state index in [1.165, 1.54) is 0 Å². The Hall–Kier alpha value is -2.30. The molecule has 132 valence electrons. The molecular formula is C20H25N3O2. The zero-order valence-electron chi connectivity index (χ0n) is 14.9. The molecule has 1 aromatic carbocycles. The van der Waals surface area contributed by atoms with Crippen molar-refractivity contribution in [2.24, 2.45) is 0 Å². The van der Waals surface area contributed by atoms with E-state index in [4.69, 9.17) is 4.74 Å². The van der Waals surface area contributed by atoms with Crippen molar-refractivity contribution in [3.05, 3.63) is 47.8 Å². The van der Waals surface area contributed by atoms with Crippen molar-refractivity contribution in [1.82, 2.24) is 14.7 Å². The lowest BCUT2D eigenvalue weighted by Crippen LogP contribution is -2.44. The maximum atomic E-state index is 13.4. The molecule has 0 bridgehead atoms. The molecule has 5 heteroatoms. The molecule has 1 aromatic heterocycles. The largest absolute Gasteiger partial charge is 0.496 e. The number of para-hydroxylation sites is 1. The van der Waals surface area contributed by atoms with E-state index in [2.05, 4.69) is 10.00 Å². The van der Waals surface area contributed by atoms with Crippen molar-refractivity contribution in [3.8, 4) is 5.75 Å². The van der Waals surface area contributed by atoms with Crippen LogP contribution in [0.3, 0.4) is 0 Å². The minimum absolute atomic E-state index is 0.235. The Balaban J connectivity index is 1.57. The number of carbonyl (C=O) groups is 1. The topological polar surface area (TPSA) is 47.4 Å². The summed E-state index contributed by atoms with van der Waals surface area (Å²) in [6.07, 6.45) is 7.87. The van der Waals surface area contributed by atoms with E-state index in [1.807, 2.05) is 48.3 Å². The number of aryl methyl sites for hydroxylation is 1. The molecule has 25 heavy (non-hydrogen) atoms. The van der Waals surface area contributed by atoms with E-state index in [1.54, 1.807) is 7.11 Å². The molecular weight excluding hydrogens is 314 g/mol. The maximum Gasteiger partial charge on any atom is 0.233 e. The normalized spacial score (nSPS) is 21.4. The van der Waals surface area contributed by atoms with Crippen molar-refractivity contribution in [2.45, 2.75) is 50.6 Å². The standard InChI is InChI=1S/C20H25N3O2/c1-15-12-21-22(13-15)14-16-6-5-11-23(16)19(24)20(9-10-20)17-7-3-4-8-18(17)25-2/h3-4,7-8,12-13,16H,5-6,9-11,14H2,1-2H3. The van der Waals surface area contributed by atoms with E-state index in [0.29, 0.717) is 0 Å². The fourth-order valence-corrected chi connectivity index (χ4v) is 4.11. The predicted molar refractivity (Wildman–Crippen MR) is 95.6 cm³/mol. The molecule has 0 N–H and O–H groups in total. The van der Waals surface area contributed by atoms with Gasteiger partial charge in [0, 0.05) is 18.3 Å². The van der Waals surface area contributed by atoms with Crippen LogP contribution in [0.15, 0.2) is 36.7 Å². The van der Waals surface area contributed by atoms with Gasteiger partial charge in [0.15, 0.2) is 0 Å². The van der Waals surface area contributed by atoms with Crippen molar-refractivity contribution in [3.63, 3.8) is 0 Å². The third kappa shape index (κ3) is 2.81. The summed E-state index contributed by atoms with van der Waals surface area (Å²) in [7, 11) is 1.68. The highest BCUT2D eigenvalue weighted by atomic mass is 16.5. The highest BCUT2D eigenvalue weighted by molar-refractivity contribution is 5.92. The summed E-state index contributed by atoms with van der Waals surface area (Å²) < 4.78 is 7.49. The molecule has 1 unspecified atom stereocenters. The van der Waals surface area contributed by atoms with Gasteiger partial charge in [0.05, 0.1) is 31.3 Å². The van der Waals surface area contributed by atoms with Crippen LogP contribution in [0.1, 0.15) is 36.8 Å². The van der Waals surface area contributed by atoms with Crippen LogP contribution in [-0.4, -0.2) is 40.3 Å². The number of benzene rings is 1. The number of methoxy groups -OCH3 is 1. The van der Waals surface area contributed by atoms with Gasteiger partial charge in [0.25, 0.3) is 0 Å². The second kappa shape index (κ2) is 6.21. The Labute approximate surface area is 148 Å². The highest BCUT2D eigenvalue weighted by Crippen LogP contribution is 2.53. The van der Waals surface area contributed by atoms with Gasteiger partial charge >= 0.3 is 0 Å². The van der Waals surface area contributed by atoms with Crippen LogP contribution < -0.4 is 4.74 Å². The lowest BCUT2D eigenvalue weighted by atomic mass is 9.93. The van der Waals surface area contributed by atoms with E-state index in [-0.39, 0.29) is 17.4 Å². The predicted octanol–water partition coefficient (Wildman–Crippen LogP) is 2.92. The van der Waals surface area contributed by atoms with E-state index < -0.39 is 0 Å². The monoisotopic (exact) mass is 339 g/mol. The number of likely N-dealkylation sites (tertiary alicyclic amines) is 1. The molecule has 1 aliphatic carbocycles. The van der Waals surface area contributed by atoms with E-state index >= 15 is 0 Å². The molecule has 1 saturated carbocycles. The minimum Gasteiger partial charge on any atom is -0.496 e. The summed E-state index contributed by atoms with van der Waals surface area (Å²) in [5, 5.41) is 4.40. The first-order chi connectivity index (χ1) is 12.1. The van der Waals surface area contributed by atoms with Crippen LogP contribution in [0, 0.1) is 6.92 Å². The first-order valence-corrected chi connectivity index (χ1v) is 9.08. The van der Waals surface area contributed by atoms with Gasteiger partial charge < -0.3 is 9.64 Å². The Bertz CT molecular complexity index is 779. The summed E-state index contributed by atoms with van der Waals surface area (Å²) >= 11 is 0. The number of hydrogen-bond donors (Lipinski definition) is 0. The smallest absolute Gasteiger partial charge is 0.233 e. The summed E-state index contributed by atoms with van der Waals surface area (Å²) in [4.78, 5) is 15.5. The summed E-state index contributed by atoms with van der Waals surface area (Å²) in [5.74, 6) is 1.09. The lowest BCUT2D eigenvalue weighted by Gasteiger charge is -2.30. The average molecular weight is 339 g/mol. The molecule has 1 amide bonds. The van der Waals surface area contributed by atoms with Gasteiger partial charge in [0.1, 0.15) is 5.75 Å². The first-order valence-electron chi connectivity index (χ1n) is 9.08. The maximum absolute atomic E-state index is 13.4. The third-order valence-electron chi connectivity index (χ3n) is 5.58. The molecule has 5 nitrogen and oxygen atoms in total. The van der Waals surface area contributed by atoms with Gasteiger partial charge in [-0.25, -0.2) is 0 Å². The second-order valence-corrected chi connectivity index (χ2v) is 7.32. The van der Waals surface area contributed by atoms with Gasteiger partial charge in [-0.2, -0.15) is 5.10 Å². The molecule has 2 aliphatic rings. The van der Waals surface area contributed by atoms with E-state index in [0.717, 1.165) is 55.6 Å². The molecule has 4 rings (SSSR count). The number of nitrogens with zero attached hydrogens (tertiary/aromatic N) is 3. The Morgan fingerprint density at radius 1 is 1.36 bits per heavy atom. The second-order valence-electron chi connectivity index (χ2n) is 7.32. The molecule has 2 heterocycles. The van der Waals surface area contributed by atoms with Crippen LogP contribution in [0.4, 0.5) is 0 Å². The number of hydrogen-bond acceptors (Lipinski definition) is 3. The summed E-state index contributed by atoms with van der Waals surface area (Å²) in [6, 6.07) is 8.20. The molecule has 1 atom stereocenters. The van der Waals surface area contributed by atoms with Crippen LogP contribution in [0.5, 0.6) is 5.75 Å². The fraction of sp³-hybridized carbons (Fsp3) is 0.500. The quantitative estimate of drug-likeness (QED) is 0.841. The zero-order chi connectivity index (χ0) is 17.4. The molecule has 0 radical (unpaired) electrons. The molecule has 1 aliphatic heterocycles. The van der Waals surface area contributed by atoms with Crippen molar-refractivity contribution >= 4 is 5.91 Å². The first kappa shape index (κ1) is 16.2. The SMILES string of the molecule is COc1ccccc1C1(C(=O)N2CCCC2Cn2cc(C)cn2)CC1. The Kier molecular flexibility index (Phi) is 4.02. The molecule has 2 aromatic rings. The molecule has 1 saturated heterocycles. The Morgan fingerprint density at radius 3 is 2.84 bits per heavy atom. The zero-order valence-corrected chi connectivity index (χ0v) is 14.9. The lowest BCUT2D eigenvalue weighted by molar-refractivity contribution is -0.135. The number of amides is 1. The fourth-order valence-electron chi connectivity index (χ4n) is 4.11.